The van der Waals surface area contributed by atoms with E-state index in [2.05, 4.69) is 15.5 Å². The summed E-state index contributed by atoms with van der Waals surface area (Å²) in [7, 11) is 0. The molecular formula is C15H13ClFN5. The highest BCUT2D eigenvalue weighted by Crippen LogP contribution is 2.33. The zero-order valence-electron chi connectivity index (χ0n) is 11.4. The Morgan fingerprint density at radius 3 is 2.41 bits per heavy atom. The van der Waals surface area contributed by atoms with E-state index < -0.39 is 11.4 Å². The van der Waals surface area contributed by atoms with Gasteiger partial charge in [0.05, 0.1) is 5.02 Å². The van der Waals surface area contributed by atoms with Gasteiger partial charge in [0, 0.05) is 0 Å². The molecule has 0 amide bonds. The number of benzene rings is 2. The third-order valence-electron chi connectivity index (χ3n) is 3.52. The van der Waals surface area contributed by atoms with E-state index in [0.29, 0.717) is 5.56 Å². The zero-order valence-corrected chi connectivity index (χ0v) is 12.2. The number of aliphatic imine (C=N–C) groups is 1. The highest BCUT2D eigenvalue weighted by Gasteiger charge is 2.41. The smallest absolute Gasteiger partial charge is 0.239 e. The Kier molecular flexibility index (Phi) is 3.46. The second-order valence-corrected chi connectivity index (χ2v) is 5.23. The van der Waals surface area contributed by atoms with Gasteiger partial charge in [-0.15, -0.1) is 5.10 Å². The second-order valence-electron chi connectivity index (χ2n) is 4.82. The number of hydrogen-bond acceptors (Lipinski definition) is 5. The summed E-state index contributed by atoms with van der Waals surface area (Å²) in [6.45, 7) is 0. The lowest BCUT2D eigenvalue weighted by Gasteiger charge is -2.35. The first kappa shape index (κ1) is 14.3. The maximum absolute atomic E-state index is 13.5. The number of halogens is 2. The minimum atomic E-state index is -1.05. The molecule has 0 fully saturated rings. The number of guanidine groups is 1. The van der Waals surface area contributed by atoms with E-state index in [1.54, 1.807) is 6.07 Å². The molecule has 1 heterocycles. The number of nitrogens with two attached hydrogens (primary N) is 2. The molecule has 7 heteroatoms. The van der Waals surface area contributed by atoms with Crippen molar-refractivity contribution in [3.05, 3.63) is 70.5 Å². The molecule has 0 aromatic heterocycles. The minimum Gasteiger partial charge on any atom is -0.384 e. The second kappa shape index (κ2) is 5.31. The molecule has 0 bridgehead atoms. The molecule has 1 aliphatic rings. The number of hydrazone groups is 1. The van der Waals surface area contributed by atoms with Gasteiger partial charge in [0.2, 0.25) is 5.96 Å². The molecule has 2 aromatic carbocycles. The van der Waals surface area contributed by atoms with E-state index in [0.717, 1.165) is 5.56 Å². The first-order valence-electron chi connectivity index (χ1n) is 6.50. The normalized spacial score (nSPS) is 20.8. The highest BCUT2D eigenvalue weighted by atomic mass is 35.5. The van der Waals surface area contributed by atoms with Crippen molar-refractivity contribution in [1.82, 2.24) is 5.43 Å². The van der Waals surface area contributed by atoms with Gasteiger partial charge in [-0.25, -0.2) is 4.39 Å². The maximum atomic E-state index is 13.5. The maximum Gasteiger partial charge on any atom is 0.239 e. The molecular weight excluding hydrogens is 305 g/mol. The number of hydrogen-bond donors (Lipinski definition) is 3. The van der Waals surface area contributed by atoms with E-state index in [-0.39, 0.29) is 16.8 Å². The van der Waals surface area contributed by atoms with E-state index in [4.69, 9.17) is 23.1 Å². The van der Waals surface area contributed by atoms with E-state index in [1.807, 2.05) is 30.3 Å². The van der Waals surface area contributed by atoms with Gasteiger partial charge in [0.15, 0.2) is 5.54 Å². The van der Waals surface area contributed by atoms with Gasteiger partial charge in [-0.1, -0.05) is 48.0 Å². The first-order valence-corrected chi connectivity index (χ1v) is 6.88. The summed E-state index contributed by atoms with van der Waals surface area (Å²) < 4.78 is 13.5. The van der Waals surface area contributed by atoms with Gasteiger partial charge in [-0.05, 0) is 23.3 Å². The van der Waals surface area contributed by atoms with Gasteiger partial charge in [-0.2, -0.15) is 4.99 Å². The van der Waals surface area contributed by atoms with Crippen molar-refractivity contribution < 1.29 is 4.39 Å². The van der Waals surface area contributed by atoms with Crippen LogP contribution in [0.25, 0.3) is 0 Å². The summed E-state index contributed by atoms with van der Waals surface area (Å²) in [6, 6.07) is 13.7. The number of nitrogens with one attached hydrogen (secondary N) is 1. The first-order chi connectivity index (χ1) is 10.5. The molecule has 0 saturated heterocycles. The Morgan fingerprint density at radius 2 is 1.77 bits per heavy atom. The molecule has 0 saturated carbocycles. The zero-order chi connectivity index (χ0) is 15.7. The Labute approximate surface area is 131 Å². The van der Waals surface area contributed by atoms with E-state index in [1.165, 1.54) is 12.1 Å². The standard InChI is InChI=1S/C15H13ClFN5/c16-11-8-10(6-7-12(11)17)15(9-4-2-1-3-5-9)13(18)20-14(19)21-22-15/h1-8,22H,(H4,18,19,20,21). The monoisotopic (exact) mass is 317 g/mol. The van der Waals surface area contributed by atoms with Gasteiger partial charge < -0.3 is 11.5 Å². The summed E-state index contributed by atoms with van der Waals surface area (Å²) in [6.07, 6.45) is 0. The molecule has 1 aliphatic heterocycles. The average Bonchev–Trinajstić information content (AvgIpc) is 2.52. The van der Waals surface area contributed by atoms with Crippen LogP contribution in [-0.4, -0.2) is 11.8 Å². The van der Waals surface area contributed by atoms with E-state index >= 15 is 0 Å². The van der Waals surface area contributed by atoms with Crippen LogP contribution in [0.3, 0.4) is 0 Å². The molecule has 22 heavy (non-hydrogen) atoms. The molecule has 112 valence electrons. The van der Waals surface area contributed by atoms with Crippen molar-refractivity contribution in [3.63, 3.8) is 0 Å². The van der Waals surface area contributed by atoms with Crippen molar-refractivity contribution in [2.75, 3.05) is 0 Å². The van der Waals surface area contributed by atoms with Gasteiger partial charge in [0.25, 0.3) is 0 Å². The highest BCUT2D eigenvalue weighted by molar-refractivity contribution is 6.30. The third-order valence-corrected chi connectivity index (χ3v) is 3.81. The van der Waals surface area contributed by atoms with Crippen LogP contribution in [-0.2, 0) is 5.54 Å². The van der Waals surface area contributed by atoms with Crippen LogP contribution < -0.4 is 16.9 Å². The minimum absolute atomic E-state index is 0.00932. The number of amidine groups is 1. The molecule has 0 aliphatic carbocycles. The molecule has 1 atom stereocenters. The predicted octanol–water partition coefficient (Wildman–Crippen LogP) is 1.91. The van der Waals surface area contributed by atoms with E-state index in [9.17, 15) is 4.39 Å². The number of rotatable bonds is 2. The molecule has 2 aromatic rings. The van der Waals surface area contributed by atoms with Crippen LogP contribution in [0.5, 0.6) is 0 Å². The fourth-order valence-corrected chi connectivity index (χ4v) is 2.62. The van der Waals surface area contributed by atoms with Crippen LogP contribution in [0.2, 0.25) is 5.02 Å². The summed E-state index contributed by atoms with van der Waals surface area (Å²) in [5.41, 5.74) is 15.0. The molecule has 5 N–H and O–H groups in total. The van der Waals surface area contributed by atoms with Gasteiger partial charge in [-0.3, -0.25) is 5.43 Å². The van der Waals surface area contributed by atoms with Crippen molar-refractivity contribution in [2.45, 2.75) is 5.54 Å². The Morgan fingerprint density at radius 1 is 1.05 bits per heavy atom. The lowest BCUT2D eigenvalue weighted by molar-refractivity contribution is 0.527. The Hall–Kier alpha value is -2.60. The van der Waals surface area contributed by atoms with Gasteiger partial charge in [0.1, 0.15) is 11.7 Å². The Bertz CT molecular complexity index is 775. The summed E-state index contributed by atoms with van der Waals surface area (Å²) in [5, 5.41) is 3.97. The molecule has 0 spiro atoms. The SMILES string of the molecule is NC1=NNC(c2ccccc2)(c2ccc(F)c(Cl)c2)C(N)=N1. The fourth-order valence-electron chi connectivity index (χ4n) is 2.44. The molecule has 0 radical (unpaired) electrons. The summed E-state index contributed by atoms with van der Waals surface area (Å²) in [5.74, 6) is -0.283. The van der Waals surface area contributed by atoms with Crippen molar-refractivity contribution >= 4 is 23.4 Å². The van der Waals surface area contributed by atoms with Crippen LogP contribution in [0, 0.1) is 5.82 Å². The van der Waals surface area contributed by atoms with Crippen molar-refractivity contribution in [3.8, 4) is 0 Å². The summed E-state index contributed by atoms with van der Waals surface area (Å²) in [4.78, 5) is 4.06. The number of nitrogens with zero attached hydrogens (tertiary/aromatic N) is 2. The molecule has 1 unspecified atom stereocenters. The average molecular weight is 318 g/mol. The van der Waals surface area contributed by atoms with Crippen molar-refractivity contribution in [2.24, 2.45) is 21.6 Å². The Balaban J connectivity index is 2.25. The molecule has 5 nitrogen and oxygen atoms in total. The summed E-state index contributed by atoms with van der Waals surface area (Å²) >= 11 is 5.91. The van der Waals surface area contributed by atoms with Crippen molar-refractivity contribution in [1.29, 1.82) is 0 Å². The fraction of sp³-hybridized carbons (Fsp3) is 0.0667. The van der Waals surface area contributed by atoms with Gasteiger partial charge >= 0.3 is 0 Å². The topological polar surface area (TPSA) is 88.8 Å². The lowest BCUT2D eigenvalue weighted by atomic mass is 9.82. The third kappa shape index (κ3) is 2.17. The lowest BCUT2D eigenvalue weighted by Crippen LogP contribution is -2.55. The predicted molar refractivity (Wildman–Crippen MR) is 85.0 cm³/mol. The quantitative estimate of drug-likeness (QED) is 0.790. The molecule has 3 rings (SSSR count). The van der Waals surface area contributed by atoms with Crippen LogP contribution >= 0.6 is 11.6 Å². The van der Waals surface area contributed by atoms with Crippen LogP contribution in [0.1, 0.15) is 11.1 Å². The largest absolute Gasteiger partial charge is 0.384 e. The van der Waals surface area contributed by atoms with Crippen LogP contribution in [0.4, 0.5) is 4.39 Å². The van der Waals surface area contributed by atoms with Crippen LogP contribution in [0.15, 0.2) is 58.6 Å².